The molecule has 1 rings (SSSR count). The van der Waals surface area contributed by atoms with E-state index in [9.17, 15) is 4.79 Å². The van der Waals surface area contributed by atoms with Gasteiger partial charge < -0.3 is 11.1 Å². The molecule has 17 heavy (non-hydrogen) atoms. The lowest BCUT2D eigenvalue weighted by Crippen LogP contribution is -2.57. The second-order valence-electron chi connectivity index (χ2n) is 4.49. The van der Waals surface area contributed by atoms with E-state index in [-0.39, 0.29) is 11.9 Å². The summed E-state index contributed by atoms with van der Waals surface area (Å²) in [4.78, 5) is 15.6. The largest absolute Gasteiger partial charge is 0.368 e. The number of rotatable bonds is 6. The van der Waals surface area contributed by atoms with E-state index in [1.54, 1.807) is 6.92 Å². The maximum Gasteiger partial charge on any atom is 0.238 e. The van der Waals surface area contributed by atoms with Gasteiger partial charge in [-0.3, -0.25) is 9.89 Å². The Morgan fingerprint density at radius 1 is 1.65 bits per heavy atom. The molecule has 1 amide bonds. The summed E-state index contributed by atoms with van der Waals surface area (Å²) < 4.78 is 0. The van der Waals surface area contributed by atoms with Gasteiger partial charge in [0.05, 0.1) is 0 Å². The number of carbonyl (C=O) groups is 1. The first kappa shape index (κ1) is 14.0. The van der Waals surface area contributed by atoms with Crippen molar-refractivity contribution in [3.8, 4) is 0 Å². The van der Waals surface area contributed by atoms with Crippen molar-refractivity contribution in [1.82, 2.24) is 20.5 Å². The molecule has 0 fully saturated rings. The first-order valence-electron chi connectivity index (χ1n) is 5.43. The normalized spacial score (nSPS) is 14.9. The summed E-state index contributed by atoms with van der Waals surface area (Å²) in [6.45, 7) is 7.57. The SMILES string of the molecule is Cc1nc(SCC(C)(NC(C)C)C(N)=O)n[nH]1. The number of aryl methyl sites for hydroxylation is 1. The summed E-state index contributed by atoms with van der Waals surface area (Å²) >= 11 is 1.40. The van der Waals surface area contributed by atoms with Gasteiger partial charge in [-0.2, -0.15) is 0 Å². The Hall–Kier alpha value is -1.08. The molecule has 7 heteroatoms. The van der Waals surface area contributed by atoms with E-state index >= 15 is 0 Å². The molecule has 4 N–H and O–H groups in total. The van der Waals surface area contributed by atoms with Crippen molar-refractivity contribution < 1.29 is 4.79 Å². The highest BCUT2D eigenvalue weighted by molar-refractivity contribution is 7.99. The molecule has 0 aromatic carbocycles. The van der Waals surface area contributed by atoms with Gasteiger partial charge in [-0.05, 0) is 27.7 Å². The molecule has 0 saturated heterocycles. The first-order chi connectivity index (χ1) is 7.83. The third-order valence-corrected chi connectivity index (χ3v) is 3.38. The van der Waals surface area contributed by atoms with Crippen LogP contribution in [0.1, 0.15) is 26.6 Å². The van der Waals surface area contributed by atoms with Crippen LogP contribution in [-0.2, 0) is 4.79 Å². The monoisotopic (exact) mass is 257 g/mol. The third-order valence-electron chi connectivity index (χ3n) is 2.22. The molecule has 1 aromatic rings. The number of carbonyl (C=O) groups excluding carboxylic acids is 1. The van der Waals surface area contributed by atoms with E-state index in [4.69, 9.17) is 5.73 Å². The predicted octanol–water partition coefficient (Wildman–Crippen LogP) is 0.447. The number of aromatic amines is 1. The van der Waals surface area contributed by atoms with Crippen molar-refractivity contribution in [2.45, 2.75) is 44.4 Å². The molecule has 0 aliphatic rings. The molecule has 0 aliphatic carbocycles. The molecule has 0 radical (unpaired) electrons. The molecule has 1 aromatic heterocycles. The second kappa shape index (κ2) is 5.50. The Kier molecular flexibility index (Phi) is 4.53. The van der Waals surface area contributed by atoms with Crippen LogP contribution in [0.5, 0.6) is 0 Å². The van der Waals surface area contributed by atoms with Crippen molar-refractivity contribution >= 4 is 17.7 Å². The molecule has 6 nitrogen and oxygen atoms in total. The van der Waals surface area contributed by atoms with Gasteiger partial charge in [0.15, 0.2) is 0 Å². The smallest absolute Gasteiger partial charge is 0.238 e. The minimum absolute atomic E-state index is 0.182. The highest BCUT2D eigenvalue weighted by Gasteiger charge is 2.32. The molecule has 1 heterocycles. The van der Waals surface area contributed by atoms with Gasteiger partial charge in [0, 0.05) is 11.8 Å². The van der Waals surface area contributed by atoms with Gasteiger partial charge in [-0.25, -0.2) is 4.98 Å². The fraction of sp³-hybridized carbons (Fsp3) is 0.700. The fourth-order valence-corrected chi connectivity index (χ4v) is 2.37. The highest BCUT2D eigenvalue weighted by atomic mass is 32.2. The third kappa shape index (κ3) is 4.01. The van der Waals surface area contributed by atoms with Crippen molar-refractivity contribution in [3.63, 3.8) is 0 Å². The fourth-order valence-electron chi connectivity index (χ4n) is 1.42. The zero-order valence-electron chi connectivity index (χ0n) is 10.6. The Labute approximate surface area is 105 Å². The number of aromatic nitrogens is 3. The van der Waals surface area contributed by atoms with Gasteiger partial charge in [-0.1, -0.05) is 11.8 Å². The van der Waals surface area contributed by atoms with Gasteiger partial charge >= 0.3 is 0 Å². The van der Waals surface area contributed by atoms with E-state index in [0.717, 1.165) is 5.82 Å². The van der Waals surface area contributed by atoms with Crippen molar-refractivity contribution in [2.75, 3.05) is 5.75 Å². The summed E-state index contributed by atoms with van der Waals surface area (Å²) in [6.07, 6.45) is 0. The summed E-state index contributed by atoms with van der Waals surface area (Å²) in [5.74, 6) is 0.883. The number of hydrogen-bond acceptors (Lipinski definition) is 5. The van der Waals surface area contributed by atoms with Crippen LogP contribution in [0, 0.1) is 6.92 Å². The number of nitrogens with one attached hydrogen (secondary N) is 2. The number of primary amides is 1. The lowest BCUT2D eigenvalue weighted by atomic mass is 10.0. The summed E-state index contributed by atoms with van der Waals surface area (Å²) in [5, 5.41) is 10.6. The average molecular weight is 257 g/mol. The molecule has 0 spiro atoms. The quantitative estimate of drug-likeness (QED) is 0.643. The standard InChI is InChI=1S/C10H19N5OS/c1-6(2)13-10(4,8(11)16)5-17-9-12-7(3)14-15-9/h6,13H,5H2,1-4H3,(H2,11,16)(H,12,14,15). The average Bonchev–Trinajstić information content (AvgIpc) is 2.60. The van der Waals surface area contributed by atoms with Crippen LogP contribution >= 0.6 is 11.8 Å². The van der Waals surface area contributed by atoms with Crippen LogP contribution in [0.2, 0.25) is 0 Å². The van der Waals surface area contributed by atoms with Gasteiger partial charge in [-0.15, -0.1) is 5.10 Å². The summed E-state index contributed by atoms with van der Waals surface area (Å²) in [6, 6.07) is 0.182. The maximum atomic E-state index is 11.5. The van der Waals surface area contributed by atoms with Crippen LogP contribution in [0.4, 0.5) is 0 Å². The van der Waals surface area contributed by atoms with Gasteiger partial charge in [0.25, 0.3) is 0 Å². The molecular formula is C10H19N5OS. The number of hydrogen-bond donors (Lipinski definition) is 3. The number of H-pyrrole nitrogens is 1. The minimum atomic E-state index is -0.757. The van der Waals surface area contributed by atoms with Crippen LogP contribution in [0.25, 0.3) is 0 Å². The molecular weight excluding hydrogens is 238 g/mol. The van der Waals surface area contributed by atoms with E-state index < -0.39 is 5.54 Å². The van der Waals surface area contributed by atoms with Crippen LogP contribution in [0.3, 0.4) is 0 Å². The number of thioether (sulfide) groups is 1. The first-order valence-corrected chi connectivity index (χ1v) is 6.41. The lowest BCUT2D eigenvalue weighted by Gasteiger charge is -2.28. The lowest BCUT2D eigenvalue weighted by molar-refractivity contribution is -0.123. The Bertz CT molecular complexity index is 392. The van der Waals surface area contributed by atoms with E-state index in [1.165, 1.54) is 11.8 Å². The van der Waals surface area contributed by atoms with E-state index in [2.05, 4.69) is 20.5 Å². The molecule has 0 bridgehead atoms. The molecule has 1 unspecified atom stereocenters. The minimum Gasteiger partial charge on any atom is -0.368 e. The van der Waals surface area contributed by atoms with Crippen molar-refractivity contribution in [1.29, 1.82) is 0 Å². The Balaban J connectivity index is 2.64. The molecule has 0 saturated carbocycles. The van der Waals surface area contributed by atoms with E-state index in [0.29, 0.717) is 10.9 Å². The second-order valence-corrected chi connectivity index (χ2v) is 5.43. The number of amides is 1. The van der Waals surface area contributed by atoms with E-state index in [1.807, 2.05) is 20.8 Å². The summed E-state index contributed by atoms with van der Waals surface area (Å²) in [5.41, 5.74) is 4.67. The zero-order valence-corrected chi connectivity index (χ0v) is 11.4. The molecule has 1 atom stereocenters. The maximum absolute atomic E-state index is 11.5. The zero-order chi connectivity index (χ0) is 13.1. The van der Waals surface area contributed by atoms with Crippen LogP contribution in [0.15, 0.2) is 5.16 Å². The van der Waals surface area contributed by atoms with Crippen molar-refractivity contribution in [3.05, 3.63) is 5.82 Å². The van der Waals surface area contributed by atoms with Crippen LogP contribution in [-0.4, -0.2) is 38.4 Å². The number of nitrogens with zero attached hydrogens (tertiary/aromatic N) is 2. The highest BCUT2D eigenvalue weighted by Crippen LogP contribution is 2.19. The van der Waals surface area contributed by atoms with Crippen LogP contribution < -0.4 is 11.1 Å². The topological polar surface area (TPSA) is 96.7 Å². The van der Waals surface area contributed by atoms with Gasteiger partial charge in [0.2, 0.25) is 11.1 Å². The number of nitrogens with two attached hydrogens (primary N) is 1. The summed E-state index contributed by atoms with van der Waals surface area (Å²) in [7, 11) is 0. The van der Waals surface area contributed by atoms with Gasteiger partial charge in [0.1, 0.15) is 11.4 Å². The molecule has 96 valence electrons. The Morgan fingerprint density at radius 3 is 2.71 bits per heavy atom. The predicted molar refractivity (Wildman–Crippen MR) is 67.7 cm³/mol. The van der Waals surface area contributed by atoms with Crippen molar-refractivity contribution in [2.24, 2.45) is 5.73 Å². The molecule has 0 aliphatic heterocycles. The Morgan fingerprint density at radius 2 is 2.29 bits per heavy atom.